The van der Waals surface area contributed by atoms with E-state index in [0.29, 0.717) is 5.41 Å². The van der Waals surface area contributed by atoms with Crippen molar-refractivity contribution >= 4 is 39.0 Å². The van der Waals surface area contributed by atoms with E-state index in [2.05, 4.69) is 160 Å². The summed E-state index contributed by atoms with van der Waals surface area (Å²) in [5, 5.41) is 2.31. The highest BCUT2D eigenvalue weighted by Gasteiger charge is 2.84. The second-order valence-corrected chi connectivity index (χ2v) is 20.0. The number of hydrogen-bond donors (Lipinski definition) is 0. The van der Waals surface area contributed by atoms with Crippen molar-refractivity contribution in [3.63, 3.8) is 0 Å². The third-order valence-corrected chi connectivity index (χ3v) is 16.8. The summed E-state index contributed by atoms with van der Waals surface area (Å²) in [7, 11) is 0. The molecule has 2 heteroatoms. The number of rotatable bonds is 4. The lowest BCUT2D eigenvalue weighted by Crippen LogP contribution is -2.73. The standard InChI is InChI=1S/C54H49NO/c1-51(2)25-26-52(3,4)50-43(51)16-10-17-44(50)55(36-23-24-46-40(30-36)38-11-6-8-18-45(38)56-46)35-21-19-33(20-22-35)37-13-9-15-42-49(37)39-12-5-7-14-41(39)54(42)47-28-32-27-34-29-48(54)53(34,47)31-32/h5-24,30,32,34,47-48H,25-29,31H2,1-4H3. The molecule has 13 rings (SSSR count). The highest BCUT2D eigenvalue weighted by Crippen LogP contribution is 2.89. The van der Waals surface area contributed by atoms with Gasteiger partial charge >= 0.3 is 0 Å². The van der Waals surface area contributed by atoms with Gasteiger partial charge in [0, 0.05) is 27.6 Å². The predicted octanol–water partition coefficient (Wildman–Crippen LogP) is 14.4. The molecule has 0 N–H and O–H groups in total. The van der Waals surface area contributed by atoms with Crippen LogP contribution in [0.2, 0.25) is 0 Å². The maximum Gasteiger partial charge on any atom is 0.135 e. The van der Waals surface area contributed by atoms with Crippen LogP contribution < -0.4 is 4.90 Å². The Morgan fingerprint density at radius 2 is 1.27 bits per heavy atom. The van der Waals surface area contributed by atoms with Crippen molar-refractivity contribution < 1.29 is 4.42 Å². The fraction of sp³-hybridized carbons (Fsp3) is 0.333. The average molecular weight is 728 g/mol. The van der Waals surface area contributed by atoms with Gasteiger partial charge in [-0.15, -0.1) is 0 Å². The van der Waals surface area contributed by atoms with Crippen molar-refractivity contribution in [2.75, 3.05) is 4.90 Å². The summed E-state index contributed by atoms with van der Waals surface area (Å²) >= 11 is 0. The minimum absolute atomic E-state index is 0.0411. The Hall–Kier alpha value is -5.08. The van der Waals surface area contributed by atoms with Gasteiger partial charge in [0.1, 0.15) is 11.2 Å². The van der Waals surface area contributed by atoms with Gasteiger partial charge < -0.3 is 9.32 Å². The van der Waals surface area contributed by atoms with Crippen LogP contribution in [0.4, 0.5) is 17.1 Å². The highest BCUT2D eigenvalue weighted by molar-refractivity contribution is 6.06. The number of hydrogen-bond acceptors (Lipinski definition) is 2. The van der Waals surface area contributed by atoms with Crippen LogP contribution in [0.5, 0.6) is 0 Å². The number of nitrogens with zero attached hydrogens (tertiary/aromatic N) is 1. The number of fused-ring (bicyclic) bond motifs is 12. The number of furan rings is 1. The van der Waals surface area contributed by atoms with E-state index in [1.807, 2.05) is 0 Å². The molecule has 0 radical (unpaired) electrons. The van der Waals surface area contributed by atoms with Crippen LogP contribution in [-0.2, 0) is 16.2 Å². The van der Waals surface area contributed by atoms with Crippen molar-refractivity contribution in [1.82, 2.24) is 0 Å². The van der Waals surface area contributed by atoms with Crippen LogP contribution in [0, 0.1) is 29.1 Å². The Kier molecular flexibility index (Phi) is 5.98. The zero-order chi connectivity index (χ0) is 37.3. The summed E-state index contributed by atoms with van der Waals surface area (Å²) in [4.78, 5) is 2.53. The summed E-state index contributed by atoms with van der Waals surface area (Å²) in [6.45, 7) is 9.75. The molecule has 0 saturated heterocycles. The van der Waals surface area contributed by atoms with Crippen molar-refractivity contribution in [1.29, 1.82) is 0 Å². The molecule has 6 aliphatic rings. The van der Waals surface area contributed by atoms with Crippen LogP contribution in [0.15, 0.2) is 132 Å². The smallest absolute Gasteiger partial charge is 0.135 e. The molecule has 7 aromatic rings. The molecule has 2 spiro atoms. The van der Waals surface area contributed by atoms with Crippen LogP contribution in [0.1, 0.15) is 88.5 Å². The highest BCUT2D eigenvalue weighted by atomic mass is 16.3. The molecule has 4 fully saturated rings. The van der Waals surface area contributed by atoms with Gasteiger partial charge in [-0.05, 0) is 165 Å². The van der Waals surface area contributed by atoms with Crippen LogP contribution in [0.25, 0.3) is 44.2 Å². The summed E-state index contributed by atoms with van der Waals surface area (Å²) < 4.78 is 6.33. The van der Waals surface area contributed by atoms with Crippen molar-refractivity contribution in [2.45, 2.75) is 82.5 Å². The lowest BCUT2D eigenvalue weighted by atomic mass is 9.27. The first kappa shape index (κ1) is 32.1. The topological polar surface area (TPSA) is 16.4 Å². The van der Waals surface area contributed by atoms with Crippen LogP contribution in [0.3, 0.4) is 0 Å². The van der Waals surface area contributed by atoms with Gasteiger partial charge in [-0.2, -0.15) is 0 Å². The number of anilines is 3. The van der Waals surface area contributed by atoms with Crippen molar-refractivity contribution in [3.05, 3.63) is 150 Å². The molecule has 276 valence electrons. The summed E-state index contributed by atoms with van der Waals surface area (Å²) in [5.74, 6) is 3.60. The van der Waals surface area contributed by atoms with Crippen LogP contribution in [-0.4, -0.2) is 0 Å². The van der Waals surface area contributed by atoms with Gasteiger partial charge in [0.2, 0.25) is 0 Å². The van der Waals surface area contributed by atoms with E-state index >= 15 is 0 Å². The van der Waals surface area contributed by atoms with Crippen molar-refractivity contribution in [2.24, 2.45) is 29.1 Å². The number of para-hydroxylation sites is 1. The lowest BCUT2D eigenvalue weighted by Gasteiger charge is -2.76. The Morgan fingerprint density at radius 3 is 2.14 bits per heavy atom. The first-order chi connectivity index (χ1) is 27.2. The molecule has 6 unspecified atom stereocenters. The molecule has 0 amide bonds. The molecule has 56 heavy (non-hydrogen) atoms. The molecule has 4 saturated carbocycles. The molecule has 0 aliphatic heterocycles. The third kappa shape index (κ3) is 3.71. The molecule has 6 aromatic carbocycles. The zero-order valence-corrected chi connectivity index (χ0v) is 33.0. The maximum atomic E-state index is 6.33. The van der Waals surface area contributed by atoms with E-state index in [1.54, 1.807) is 11.1 Å². The maximum absolute atomic E-state index is 6.33. The second kappa shape index (κ2) is 10.5. The molecular weight excluding hydrogens is 679 g/mol. The Bertz CT molecular complexity index is 2820. The van der Waals surface area contributed by atoms with E-state index in [0.717, 1.165) is 57.7 Å². The summed E-state index contributed by atoms with van der Waals surface area (Å²) in [6, 6.07) is 48.7. The van der Waals surface area contributed by atoms with Gasteiger partial charge in [-0.25, -0.2) is 0 Å². The minimum atomic E-state index is 0.0411. The van der Waals surface area contributed by atoms with Gasteiger partial charge in [0.15, 0.2) is 0 Å². The molecular formula is C54H49NO. The molecule has 2 bridgehead atoms. The van der Waals surface area contributed by atoms with E-state index in [4.69, 9.17) is 4.42 Å². The minimum Gasteiger partial charge on any atom is -0.456 e. The fourth-order valence-electron chi connectivity index (χ4n) is 14.6. The Morgan fingerprint density at radius 1 is 0.571 bits per heavy atom. The predicted molar refractivity (Wildman–Crippen MR) is 230 cm³/mol. The zero-order valence-electron chi connectivity index (χ0n) is 33.0. The summed E-state index contributed by atoms with van der Waals surface area (Å²) in [5.41, 5.74) is 18.4. The van der Waals surface area contributed by atoms with Gasteiger partial charge in [-0.3, -0.25) is 0 Å². The first-order valence-corrected chi connectivity index (χ1v) is 21.4. The SMILES string of the molecule is CC1(C)CCC(C)(C)c2c(N(c3ccc(-c4cccc5c4-c4ccccc4C54C5CC6CC7CC4C75C6)cc3)c3ccc4oc5ccccc5c4c3)cccc21. The summed E-state index contributed by atoms with van der Waals surface area (Å²) in [6.07, 6.45) is 8.24. The van der Waals surface area contributed by atoms with E-state index in [1.165, 1.54) is 76.9 Å². The average Bonchev–Trinajstić information content (AvgIpc) is 3.94. The third-order valence-electron chi connectivity index (χ3n) is 16.8. The van der Waals surface area contributed by atoms with Crippen LogP contribution >= 0.6 is 0 Å². The van der Waals surface area contributed by atoms with Gasteiger partial charge in [-0.1, -0.05) is 113 Å². The normalized spacial score (nSPS) is 29.1. The molecule has 6 atom stereocenters. The largest absolute Gasteiger partial charge is 0.456 e. The van der Waals surface area contributed by atoms with E-state index in [-0.39, 0.29) is 16.2 Å². The van der Waals surface area contributed by atoms with E-state index < -0.39 is 0 Å². The molecule has 6 aliphatic carbocycles. The lowest BCUT2D eigenvalue weighted by molar-refractivity contribution is -0.231. The van der Waals surface area contributed by atoms with Gasteiger partial charge in [0.25, 0.3) is 0 Å². The van der Waals surface area contributed by atoms with E-state index in [9.17, 15) is 0 Å². The molecule has 2 nitrogen and oxygen atoms in total. The fourth-order valence-corrected chi connectivity index (χ4v) is 14.6. The van der Waals surface area contributed by atoms with Crippen molar-refractivity contribution in [3.8, 4) is 22.3 Å². The molecule has 1 aromatic heterocycles. The van der Waals surface area contributed by atoms with Gasteiger partial charge in [0.05, 0.1) is 5.69 Å². The monoisotopic (exact) mass is 727 g/mol. The second-order valence-electron chi connectivity index (χ2n) is 20.0. The number of benzene rings is 6. The Labute approximate surface area is 330 Å². The molecule has 1 heterocycles. The Balaban J connectivity index is 0.979. The first-order valence-electron chi connectivity index (χ1n) is 21.4. The quantitative estimate of drug-likeness (QED) is 0.179.